The highest BCUT2D eigenvalue weighted by atomic mass is 79.9. The van der Waals surface area contributed by atoms with Crippen LogP contribution in [0.15, 0.2) is 45.8 Å². The van der Waals surface area contributed by atoms with Gasteiger partial charge in [0.25, 0.3) is 0 Å². The molecule has 1 fully saturated rings. The lowest BCUT2D eigenvalue weighted by molar-refractivity contribution is -0.126. The number of amides is 2. The summed E-state index contributed by atoms with van der Waals surface area (Å²) in [5.74, 6) is 0.0386. The lowest BCUT2D eigenvalue weighted by Crippen LogP contribution is -2.45. The maximum Gasteiger partial charge on any atom is 0.245 e. The fourth-order valence-corrected chi connectivity index (χ4v) is 7.14. The number of sulfonamides is 1. The molecule has 0 radical (unpaired) electrons. The van der Waals surface area contributed by atoms with Gasteiger partial charge in [0.1, 0.15) is 10.6 Å². The number of halogens is 1. The number of ether oxygens (including phenoxy) is 1. The topological polar surface area (TPSA) is 96.0 Å². The highest BCUT2D eigenvalue weighted by Gasteiger charge is 2.38. The van der Waals surface area contributed by atoms with Crippen molar-refractivity contribution >= 4 is 43.5 Å². The number of anilines is 1. The van der Waals surface area contributed by atoms with E-state index >= 15 is 0 Å². The van der Waals surface area contributed by atoms with Gasteiger partial charge in [-0.15, -0.1) is 0 Å². The molecular formula is C25H30BrN3O5S. The number of hydrogen-bond donors (Lipinski definition) is 1. The van der Waals surface area contributed by atoms with Gasteiger partial charge in [0, 0.05) is 37.1 Å². The van der Waals surface area contributed by atoms with E-state index in [0.29, 0.717) is 55.5 Å². The first kappa shape index (κ1) is 25.7. The van der Waals surface area contributed by atoms with Crippen molar-refractivity contribution < 1.29 is 22.7 Å². The molecule has 0 saturated carbocycles. The number of carbonyl (C=O) groups is 2. The molecule has 4 rings (SSSR count). The predicted molar refractivity (Wildman–Crippen MR) is 137 cm³/mol. The number of nitrogens with zero attached hydrogens (tertiary/aromatic N) is 2. The van der Waals surface area contributed by atoms with Crippen molar-refractivity contribution in [1.82, 2.24) is 9.62 Å². The van der Waals surface area contributed by atoms with Crippen molar-refractivity contribution in [2.45, 2.75) is 44.0 Å². The second kappa shape index (κ2) is 10.7. The van der Waals surface area contributed by atoms with E-state index in [9.17, 15) is 18.0 Å². The van der Waals surface area contributed by atoms with Crippen LogP contribution < -0.4 is 15.0 Å². The number of benzene rings is 2. The average Bonchev–Trinajstić information content (AvgIpc) is 3.30. The SMILES string of the molecule is CCC(=O)N1CCc2cc(Br)cc(S(=O)(=O)N3CCCC(C(=O)NCc4ccc(OC)cc4)C3)c21. The number of carbonyl (C=O) groups excluding carboxylic acids is 2. The molecule has 2 aliphatic rings. The van der Waals surface area contributed by atoms with Crippen LogP contribution in [0.4, 0.5) is 5.69 Å². The van der Waals surface area contributed by atoms with Gasteiger partial charge in [0.2, 0.25) is 21.8 Å². The minimum absolute atomic E-state index is 0.100. The van der Waals surface area contributed by atoms with Crippen molar-refractivity contribution in [3.05, 3.63) is 52.0 Å². The molecule has 0 spiro atoms. The fourth-order valence-electron chi connectivity index (χ4n) is 4.70. The number of hydrogen-bond acceptors (Lipinski definition) is 5. The molecule has 2 amide bonds. The van der Waals surface area contributed by atoms with E-state index in [1.807, 2.05) is 30.3 Å². The number of methoxy groups -OCH3 is 1. The molecule has 0 bridgehead atoms. The third kappa shape index (κ3) is 5.39. The fraction of sp³-hybridized carbons (Fsp3) is 0.440. The van der Waals surface area contributed by atoms with Gasteiger partial charge in [-0.25, -0.2) is 8.42 Å². The van der Waals surface area contributed by atoms with Crippen LogP contribution in [0.5, 0.6) is 5.75 Å². The molecule has 2 aliphatic heterocycles. The molecule has 1 atom stereocenters. The van der Waals surface area contributed by atoms with E-state index in [2.05, 4.69) is 21.2 Å². The number of rotatable bonds is 7. The van der Waals surface area contributed by atoms with Gasteiger partial charge in [-0.3, -0.25) is 9.59 Å². The lowest BCUT2D eigenvalue weighted by Gasteiger charge is -2.32. The molecule has 2 aromatic carbocycles. The molecule has 2 aromatic rings. The van der Waals surface area contributed by atoms with Gasteiger partial charge in [-0.2, -0.15) is 4.31 Å². The molecule has 8 nitrogen and oxygen atoms in total. The van der Waals surface area contributed by atoms with Gasteiger partial charge in [0.15, 0.2) is 0 Å². The average molecular weight is 565 g/mol. The maximum absolute atomic E-state index is 13.8. The van der Waals surface area contributed by atoms with E-state index in [1.165, 1.54) is 4.31 Å². The summed E-state index contributed by atoms with van der Waals surface area (Å²) in [4.78, 5) is 27.1. The number of nitrogens with one attached hydrogen (secondary N) is 1. The van der Waals surface area contributed by atoms with Crippen LogP contribution in [0.25, 0.3) is 0 Å². The zero-order valence-electron chi connectivity index (χ0n) is 19.9. The van der Waals surface area contributed by atoms with Crippen LogP contribution in [-0.2, 0) is 32.6 Å². The second-order valence-corrected chi connectivity index (χ2v) is 11.7. The number of fused-ring (bicyclic) bond motifs is 1. The Balaban J connectivity index is 1.51. The highest BCUT2D eigenvalue weighted by molar-refractivity contribution is 9.10. The standard InChI is InChI=1S/C25H30BrN3O5S/c1-3-23(30)29-12-10-18-13-20(26)14-22(24(18)29)35(32,33)28-11-4-5-19(16-28)25(31)27-15-17-6-8-21(34-2)9-7-17/h6-9,13-14,19H,3-5,10-12,15-16H2,1-2H3,(H,27,31). The summed E-state index contributed by atoms with van der Waals surface area (Å²) in [5, 5.41) is 2.94. The van der Waals surface area contributed by atoms with Crippen LogP contribution in [0.1, 0.15) is 37.3 Å². The first-order valence-electron chi connectivity index (χ1n) is 11.8. The first-order valence-corrected chi connectivity index (χ1v) is 14.0. The minimum atomic E-state index is -3.91. The predicted octanol–water partition coefficient (Wildman–Crippen LogP) is 3.47. The molecule has 1 saturated heterocycles. The van der Waals surface area contributed by atoms with Crippen LogP contribution in [-0.4, -0.2) is 51.3 Å². The summed E-state index contributed by atoms with van der Waals surface area (Å²) in [5.41, 5.74) is 2.25. The van der Waals surface area contributed by atoms with E-state index in [0.717, 1.165) is 16.9 Å². The van der Waals surface area contributed by atoms with Crippen molar-refractivity contribution in [3.8, 4) is 5.75 Å². The van der Waals surface area contributed by atoms with Gasteiger partial charge in [-0.1, -0.05) is 35.0 Å². The van der Waals surface area contributed by atoms with Gasteiger partial charge >= 0.3 is 0 Å². The van der Waals surface area contributed by atoms with E-state index < -0.39 is 15.9 Å². The van der Waals surface area contributed by atoms with Crippen LogP contribution >= 0.6 is 15.9 Å². The normalized spacial score (nSPS) is 18.3. The Bertz CT molecular complexity index is 1220. The second-order valence-electron chi connectivity index (χ2n) is 8.83. The Morgan fingerprint density at radius 3 is 2.60 bits per heavy atom. The Morgan fingerprint density at radius 2 is 1.91 bits per heavy atom. The minimum Gasteiger partial charge on any atom is -0.497 e. The van der Waals surface area contributed by atoms with Gasteiger partial charge in [0.05, 0.1) is 18.7 Å². The molecule has 35 heavy (non-hydrogen) atoms. The summed E-state index contributed by atoms with van der Waals surface area (Å²) >= 11 is 3.43. The third-order valence-electron chi connectivity index (χ3n) is 6.60. The number of piperidine rings is 1. The monoisotopic (exact) mass is 563 g/mol. The van der Waals surface area contributed by atoms with Crippen molar-refractivity contribution in [1.29, 1.82) is 0 Å². The quantitative estimate of drug-likeness (QED) is 0.556. The Hall–Kier alpha value is -2.43. The Morgan fingerprint density at radius 1 is 1.17 bits per heavy atom. The smallest absolute Gasteiger partial charge is 0.245 e. The summed E-state index contributed by atoms with van der Waals surface area (Å²) in [6.07, 6.45) is 2.12. The van der Waals surface area contributed by atoms with Crippen LogP contribution in [0.2, 0.25) is 0 Å². The van der Waals surface area contributed by atoms with Gasteiger partial charge in [-0.05, 0) is 54.7 Å². The summed E-state index contributed by atoms with van der Waals surface area (Å²) in [7, 11) is -2.31. The molecule has 1 N–H and O–H groups in total. The Kier molecular flexibility index (Phi) is 7.83. The summed E-state index contributed by atoms with van der Waals surface area (Å²) in [6, 6.07) is 10.9. The Labute approximate surface area is 214 Å². The van der Waals surface area contributed by atoms with Crippen LogP contribution in [0, 0.1) is 5.92 Å². The summed E-state index contributed by atoms with van der Waals surface area (Å²) < 4.78 is 34.8. The molecule has 2 heterocycles. The first-order chi connectivity index (χ1) is 16.7. The molecule has 10 heteroatoms. The van der Waals surface area contributed by atoms with Gasteiger partial charge < -0.3 is 15.0 Å². The third-order valence-corrected chi connectivity index (χ3v) is 8.93. The van der Waals surface area contributed by atoms with E-state index in [4.69, 9.17) is 4.74 Å². The van der Waals surface area contributed by atoms with Crippen molar-refractivity contribution in [2.24, 2.45) is 5.92 Å². The molecule has 0 aliphatic carbocycles. The maximum atomic E-state index is 13.8. The molecular weight excluding hydrogens is 534 g/mol. The lowest BCUT2D eigenvalue weighted by atomic mass is 9.99. The molecule has 0 aromatic heterocycles. The molecule has 188 valence electrons. The zero-order chi connectivity index (χ0) is 25.2. The zero-order valence-corrected chi connectivity index (χ0v) is 22.3. The highest BCUT2D eigenvalue weighted by Crippen LogP contribution is 2.39. The summed E-state index contributed by atoms with van der Waals surface area (Å²) in [6.45, 7) is 3.05. The molecule has 1 unspecified atom stereocenters. The van der Waals surface area contributed by atoms with E-state index in [-0.39, 0.29) is 23.3 Å². The largest absolute Gasteiger partial charge is 0.497 e. The van der Waals surface area contributed by atoms with Crippen LogP contribution in [0.3, 0.4) is 0 Å². The van der Waals surface area contributed by atoms with E-state index in [1.54, 1.807) is 25.0 Å². The van der Waals surface area contributed by atoms with Crippen molar-refractivity contribution in [2.75, 3.05) is 31.6 Å². The van der Waals surface area contributed by atoms with Crippen molar-refractivity contribution in [3.63, 3.8) is 0 Å².